The molecule has 0 aromatic carbocycles. The minimum atomic E-state index is -0.169. The van der Waals surface area contributed by atoms with E-state index < -0.39 is 0 Å². The quantitative estimate of drug-likeness (QED) is 0.828. The maximum absolute atomic E-state index is 11.5. The second-order valence-electron chi connectivity index (χ2n) is 2.89. The maximum atomic E-state index is 11.5. The van der Waals surface area contributed by atoms with Gasteiger partial charge in [-0.25, -0.2) is 0 Å². The number of halogens is 1. The summed E-state index contributed by atoms with van der Waals surface area (Å²) in [6, 6.07) is 3.37. The molecule has 0 fully saturated rings. The Labute approximate surface area is 87.8 Å². The molecule has 1 aromatic heterocycles. The molecule has 1 rings (SSSR count). The number of nitrogens with one attached hydrogen (secondary N) is 1. The Morgan fingerprint density at radius 3 is 3.00 bits per heavy atom. The molecule has 0 aliphatic rings. The Bertz CT molecular complexity index is 363. The minimum Gasteiger partial charge on any atom is -0.347 e. The van der Waals surface area contributed by atoms with Gasteiger partial charge in [0.1, 0.15) is 0 Å². The summed E-state index contributed by atoms with van der Waals surface area (Å²) >= 11 is 5.52. The van der Waals surface area contributed by atoms with Gasteiger partial charge in [0.05, 0.1) is 6.54 Å². The van der Waals surface area contributed by atoms with Crippen molar-refractivity contribution in [1.82, 2.24) is 10.3 Å². The monoisotopic (exact) mass is 210 g/mol. The van der Waals surface area contributed by atoms with E-state index in [1.807, 2.05) is 6.92 Å². The van der Waals surface area contributed by atoms with Crippen molar-refractivity contribution in [2.24, 2.45) is 0 Å². The summed E-state index contributed by atoms with van der Waals surface area (Å²) < 4.78 is 0. The van der Waals surface area contributed by atoms with Crippen LogP contribution in [0.25, 0.3) is 0 Å². The predicted molar refractivity (Wildman–Crippen MR) is 56.3 cm³/mol. The van der Waals surface area contributed by atoms with E-state index >= 15 is 0 Å². The Morgan fingerprint density at radius 1 is 1.71 bits per heavy atom. The molecule has 74 valence electrons. The third kappa shape index (κ3) is 3.18. The molecule has 0 atom stereocenters. The van der Waals surface area contributed by atoms with Crippen LogP contribution in [0.1, 0.15) is 16.1 Å². The van der Waals surface area contributed by atoms with Gasteiger partial charge in [0.15, 0.2) is 0 Å². The van der Waals surface area contributed by atoms with Gasteiger partial charge in [-0.15, -0.1) is 0 Å². The number of hydrogen-bond acceptors (Lipinski definition) is 2. The van der Waals surface area contributed by atoms with E-state index in [2.05, 4.69) is 16.9 Å². The molecular weight excluding hydrogens is 200 g/mol. The minimum absolute atomic E-state index is 0.169. The first kappa shape index (κ1) is 10.7. The average molecular weight is 211 g/mol. The molecule has 1 aromatic rings. The van der Waals surface area contributed by atoms with Crippen LogP contribution < -0.4 is 5.32 Å². The molecule has 0 saturated carbocycles. The molecule has 0 radical (unpaired) electrons. The van der Waals surface area contributed by atoms with Crippen molar-refractivity contribution in [1.29, 1.82) is 0 Å². The summed E-state index contributed by atoms with van der Waals surface area (Å²) in [6.07, 6.45) is 1.60. The number of carbonyl (C=O) groups is 1. The highest BCUT2D eigenvalue weighted by Gasteiger charge is 2.04. The zero-order valence-corrected chi connectivity index (χ0v) is 8.64. The van der Waals surface area contributed by atoms with Gasteiger partial charge in [-0.3, -0.25) is 9.78 Å². The number of rotatable bonds is 3. The first-order valence-electron chi connectivity index (χ1n) is 4.13. The molecule has 3 nitrogen and oxygen atoms in total. The number of aromatic nitrogens is 1. The zero-order valence-electron chi connectivity index (χ0n) is 7.88. The molecule has 0 aliphatic heterocycles. The van der Waals surface area contributed by atoms with Gasteiger partial charge in [-0.05, 0) is 19.1 Å². The summed E-state index contributed by atoms with van der Waals surface area (Å²) in [5.41, 5.74) is 1.39. The molecule has 1 amide bonds. The Balaban J connectivity index is 2.65. The van der Waals surface area contributed by atoms with Gasteiger partial charge < -0.3 is 5.32 Å². The van der Waals surface area contributed by atoms with Crippen LogP contribution in [0.3, 0.4) is 0 Å². The standard InChI is InChI=1S/C10H11ClN2O/c1-7(11)6-13-10(14)9-3-4-12-8(2)5-9/h3-5H,1,6H2,2H3,(H,13,14). The van der Waals surface area contributed by atoms with E-state index in [1.165, 1.54) is 0 Å². The van der Waals surface area contributed by atoms with E-state index in [4.69, 9.17) is 11.6 Å². The van der Waals surface area contributed by atoms with Crippen LogP contribution in [0, 0.1) is 6.92 Å². The number of aryl methyl sites for hydroxylation is 1. The van der Waals surface area contributed by atoms with Crippen LogP contribution in [-0.4, -0.2) is 17.4 Å². The van der Waals surface area contributed by atoms with E-state index in [1.54, 1.807) is 18.3 Å². The van der Waals surface area contributed by atoms with Crippen molar-refractivity contribution in [3.8, 4) is 0 Å². The fraction of sp³-hybridized carbons (Fsp3) is 0.200. The topological polar surface area (TPSA) is 42.0 Å². The van der Waals surface area contributed by atoms with Crippen LogP contribution in [0.2, 0.25) is 0 Å². The van der Waals surface area contributed by atoms with E-state index in [0.29, 0.717) is 10.6 Å². The Morgan fingerprint density at radius 2 is 2.43 bits per heavy atom. The van der Waals surface area contributed by atoms with Crippen LogP contribution >= 0.6 is 11.6 Å². The molecule has 4 heteroatoms. The largest absolute Gasteiger partial charge is 0.347 e. The number of pyridine rings is 1. The lowest BCUT2D eigenvalue weighted by atomic mass is 10.2. The Kier molecular flexibility index (Phi) is 3.65. The number of carbonyl (C=O) groups excluding carboxylic acids is 1. The molecular formula is C10H11ClN2O. The third-order valence-corrected chi connectivity index (χ3v) is 1.73. The first-order valence-corrected chi connectivity index (χ1v) is 4.51. The van der Waals surface area contributed by atoms with Crippen molar-refractivity contribution >= 4 is 17.5 Å². The molecule has 0 aliphatic carbocycles. The number of nitrogens with zero attached hydrogens (tertiary/aromatic N) is 1. The molecule has 1 N–H and O–H groups in total. The van der Waals surface area contributed by atoms with Crippen molar-refractivity contribution in [2.75, 3.05) is 6.54 Å². The fourth-order valence-electron chi connectivity index (χ4n) is 0.965. The predicted octanol–water partition coefficient (Wildman–Crippen LogP) is 1.87. The van der Waals surface area contributed by atoms with Crippen molar-refractivity contribution in [3.63, 3.8) is 0 Å². The average Bonchev–Trinajstić information content (AvgIpc) is 2.14. The molecule has 14 heavy (non-hydrogen) atoms. The summed E-state index contributed by atoms with van der Waals surface area (Å²) in [7, 11) is 0. The zero-order chi connectivity index (χ0) is 10.6. The first-order chi connectivity index (χ1) is 6.59. The summed E-state index contributed by atoms with van der Waals surface area (Å²) in [4.78, 5) is 15.5. The van der Waals surface area contributed by atoms with Gasteiger partial charge >= 0.3 is 0 Å². The van der Waals surface area contributed by atoms with Crippen molar-refractivity contribution in [3.05, 3.63) is 41.2 Å². The fourth-order valence-corrected chi connectivity index (χ4v) is 1.03. The molecule has 0 spiro atoms. The molecule has 0 saturated heterocycles. The van der Waals surface area contributed by atoms with E-state index in [0.717, 1.165) is 5.69 Å². The van der Waals surface area contributed by atoms with Crippen LogP contribution in [0.15, 0.2) is 29.9 Å². The summed E-state index contributed by atoms with van der Waals surface area (Å²) in [6.45, 7) is 5.59. The molecule has 0 bridgehead atoms. The SMILES string of the molecule is C=C(Cl)CNC(=O)c1ccnc(C)c1. The van der Waals surface area contributed by atoms with Gasteiger partial charge in [-0.1, -0.05) is 18.2 Å². The normalized spacial score (nSPS) is 9.57. The summed E-state index contributed by atoms with van der Waals surface area (Å²) in [5, 5.41) is 3.03. The second kappa shape index (κ2) is 4.77. The lowest BCUT2D eigenvalue weighted by molar-refractivity contribution is 0.0957. The highest BCUT2D eigenvalue weighted by molar-refractivity contribution is 6.29. The maximum Gasteiger partial charge on any atom is 0.251 e. The molecule has 0 unspecified atom stereocenters. The highest BCUT2D eigenvalue weighted by Crippen LogP contribution is 2.01. The van der Waals surface area contributed by atoms with Crippen LogP contribution in [-0.2, 0) is 0 Å². The smallest absolute Gasteiger partial charge is 0.251 e. The summed E-state index contributed by atoms with van der Waals surface area (Å²) in [5.74, 6) is -0.169. The van der Waals surface area contributed by atoms with Gasteiger partial charge in [0.2, 0.25) is 0 Å². The van der Waals surface area contributed by atoms with E-state index in [-0.39, 0.29) is 12.5 Å². The van der Waals surface area contributed by atoms with Crippen molar-refractivity contribution < 1.29 is 4.79 Å². The lowest BCUT2D eigenvalue weighted by Gasteiger charge is -2.03. The third-order valence-electron chi connectivity index (χ3n) is 1.60. The highest BCUT2D eigenvalue weighted by atomic mass is 35.5. The number of hydrogen-bond donors (Lipinski definition) is 1. The van der Waals surface area contributed by atoms with Gasteiger partial charge in [0, 0.05) is 22.5 Å². The van der Waals surface area contributed by atoms with Crippen LogP contribution in [0.4, 0.5) is 0 Å². The van der Waals surface area contributed by atoms with Gasteiger partial charge in [-0.2, -0.15) is 0 Å². The lowest BCUT2D eigenvalue weighted by Crippen LogP contribution is -2.24. The Hall–Kier alpha value is -1.35. The number of amides is 1. The second-order valence-corrected chi connectivity index (χ2v) is 3.42. The van der Waals surface area contributed by atoms with Crippen molar-refractivity contribution in [2.45, 2.75) is 6.92 Å². The van der Waals surface area contributed by atoms with E-state index in [9.17, 15) is 4.79 Å². The van der Waals surface area contributed by atoms with Gasteiger partial charge in [0.25, 0.3) is 5.91 Å². The van der Waals surface area contributed by atoms with Crippen LogP contribution in [0.5, 0.6) is 0 Å². The molecule has 1 heterocycles.